The highest BCUT2D eigenvalue weighted by Gasteiger charge is 2.49. The van der Waals surface area contributed by atoms with Crippen molar-refractivity contribution in [1.82, 2.24) is 9.80 Å². The Bertz CT molecular complexity index is 815. The van der Waals surface area contributed by atoms with Crippen LogP contribution in [-0.2, 0) is 18.9 Å². The Morgan fingerprint density at radius 2 is 0.906 bits per heavy atom. The molecule has 4 atom stereocenters. The predicted octanol–water partition coefficient (Wildman–Crippen LogP) is 1.73. The van der Waals surface area contributed by atoms with Crippen molar-refractivity contribution in [2.75, 3.05) is 52.6 Å². The zero-order valence-corrected chi connectivity index (χ0v) is 19.3. The van der Waals surface area contributed by atoms with E-state index >= 15 is 0 Å². The zero-order chi connectivity index (χ0) is 22.8. The number of benzene rings is 1. The summed E-state index contributed by atoms with van der Waals surface area (Å²) in [7, 11) is 0. The third-order valence-corrected chi connectivity index (χ3v) is 6.61. The van der Waals surface area contributed by atoms with E-state index in [0.29, 0.717) is 63.7 Å². The van der Waals surface area contributed by atoms with E-state index in [2.05, 4.69) is 0 Å². The molecule has 2 amide bonds. The lowest BCUT2D eigenvalue weighted by molar-refractivity contribution is 0.0628. The summed E-state index contributed by atoms with van der Waals surface area (Å²) in [6.07, 6.45) is 0. The number of hydrogen-bond donors (Lipinski definition) is 0. The van der Waals surface area contributed by atoms with Gasteiger partial charge in [-0.2, -0.15) is 0 Å². The molecule has 0 bridgehead atoms. The van der Waals surface area contributed by atoms with Gasteiger partial charge >= 0.3 is 0 Å². The van der Waals surface area contributed by atoms with Crippen LogP contribution in [0.4, 0.5) is 0 Å². The quantitative estimate of drug-likeness (QED) is 0.511. The minimum Gasteiger partial charge on any atom is -0.368 e. The Hall–Kier alpha value is -2.00. The second-order valence-electron chi connectivity index (χ2n) is 10.8. The SMILES string of the molecule is CC1(CN(CC2(C)CO2)C(=O)c2ccccc2C(=O)N(CC2(C)CO2)CC2(C)CO2)CO1. The number of epoxide rings is 4. The van der Waals surface area contributed by atoms with Crippen molar-refractivity contribution in [3.05, 3.63) is 35.4 Å². The van der Waals surface area contributed by atoms with Crippen LogP contribution in [0.1, 0.15) is 48.4 Å². The van der Waals surface area contributed by atoms with Gasteiger partial charge in [-0.05, 0) is 39.8 Å². The van der Waals surface area contributed by atoms with Crippen LogP contribution in [0, 0.1) is 0 Å². The molecule has 4 unspecified atom stereocenters. The van der Waals surface area contributed by atoms with Crippen LogP contribution >= 0.6 is 0 Å². The van der Waals surface area contributed by atoms with Crippen molar-refractivity contribution in [2.45, 2.75) is 50.1 Å². The normalized spacial score (nSPS) is 36.4. The molecule has 4 saturated heterocycles. The lowest BCUT2D eigenvalue weighted by atomic mass is 10.0. The number of carbonyl (C=O) groups excluding carboxylic acids is 2. The summed E-state index contributed by atoms with van der Waals surface area (Å²) in [5, 5.41) is 0. The molecule has 4 aliphatic heterocycles. The second-order valence-corrected chi connectivity index (χ2v) is 10.8. The van der Waals surface area contributed by atoms with Gasteiger partial charge in [-0.25, -0.2) is 0 Å². The number of hydrogen-bond acceptors (Lipinski definition) is 6. The molecule has 0 aromatic heterocycles. The standard InChI is InChI=1S/C24H32N2O6/c1-21(13-29-21)9-25(10-22(2)14-30-22)19(27)17-7-5-6-8-18(17)20(28)26(11-23(3)15-31-23)12-24(4)16-32-24/h5-8H,9-16H2,1-4H3. The molecular weight excluding hydrogens is 412 g/mol. The van der Waals surface area contributed by atoms with Gasteiger partial charge in [-0.15, -0.1) is 0 Å². The smallest absolute Gasteiger partial charge is 0.254 e. The molecule has 1 aromatic carbocycles. The van der Waals surface area contributed by atoms with Crippen molar-refractivity contribution < 1.29 is 28.5 Å². The van der Waals surface area contributed by atoms with Crippen molar-refractivity contribution in [1.29, 1.82) is 0 Å². The molecule has 8 heteroatoms. The van der Waals surface area contributed by atoms with Gasteiger partial charge in [-0.3, -0.25) is 9.59 Å². The maximum atomic E-state index is 13.7. The fourth-order valence-electron chi connectivity index (χ4n) is 4.07. The highest BCUT2D eigenvalue weighted by Crippen LogP contribution is 2.34. The molecule has 8 nitrogen and oxygen atoms in total. The predicted molar refractivity (Wildman–Crippen MR) is 116 cm³/mol. The molecule has 5 rings (SSSR count). The Morgan fingerprint density at radius 3 is 1.12 bits per heavy atom. The summed E-state index contributed by atoms with van der Waals surface area (Å²) in [5.41, 5.74) is -0.521. The molecule has 32 heavy (non-hydrogen) atoms. The summed E-state index contributed by atoms with van der Waals surface area (Å²) >= 11 is 0. The Kier molecular flexibility index (Phi) is 4.94. The lowest BCUT2D eigenvalue weighted by Crippen LogP contribution is -2.45. The molecule has 4 fully saturated rings. The maximum Gasteiger partial charge on any atom is 0.254 e. The minimum absolute atomic E-state index is 0.176. The molecule has 0 spiro atoms. The van der Waals surface area contributed by atoms with Crippen LogP contribution in [0.15, 0.2) is 24.3 Å². The number of ether oxygens (including phenoxy) is 4. The molecule has 1 aromatic rings. The summed E-state index contributed by atoms with van der Waals surface area (Å²) in [6.45, 7) is 12.3. The second kappa shape index (κ2) is 7.25. The van der Waals surface area contributed by atoms with Crippen LogP contribution in [0.2, 0.25) is 0 Å². The van der Waals surface area contributed by atoms with E-state index in [1.54, 1.807) is 34.1 Å². The number of amides is 2. The van der Waals surface area contributed by atoms with Gasteiger partial charge in [0, 0.05) is 0 Å². The molecule has 4 aliphatic rings. The van der Waals surface area contributed by atoms with E-state index in [1.807, 2.05) is 27.7 Å². The summed E-state index contributed by atoms with van der Waals surface area (Å²) in [6, 6.07) is 7.07. The van der Waals surface area contributed by atoms with Crippen LogP contribution in [-0.4, -0.2) is 96.6 Å². The number of rotatable bonds is 10. The molecular formula is C24H32N2O6. The lowest BCUT2D eigenvalue weighted by Gasteiger charge is -2.29. The highest BCUT2D eigenvalue weighted by atomic mass is 16.6. The Morgan fingerprint density at radius 1 is 0.656 bits per heavy atom. The Labute approximate surface area is 188 Å². The maximum absolute atomic E-state index is 13.7. The monoisotopic (exact) mass is 444 g/mol. The fraction of sp³-hybridized carbons (Fsp3) is 0.667. The van der Waals surface area contributed by atoms with E-state index in [4.69, 9.17) is 18.9 Å². The average molecular weight is 445 g/mol. The van der Waals surface area contributed by atoms with Crippen LogP contribution in [0.5, 0.6) is 0 Å². The van der Waals surface area contributed by atoms with E-state index in [1.165, 1.54) is 0 Å². The number of nitrogens with zero attached hydrogens (tertiary/aromatic N) is 2. The van der Waals surface area contributed by atoms with Crippen molar-refractivity contribution in [3.8, 4) is 0 Å². The molecule has 0 radical (unpaired) electrons. The van der Waals surface area contributed by atoms with Gasteiger partial charge in [0.25, 0.3) is 11.8 Å². The first kappa shape index (κ1) is 21.8. The molecule has 4 heterocycles. The topological polar surface area (TPSA) is 90.7 Å². The van der Waals surface area contributed by atoms with E-state index in [0.717, 1.165) is 0 Å². The first-order chi connectivity index (χ1) is 15.0. The van der Waals surface area contributed by atoms with E-state index in [-0.39, 0.29) is 34.2 Å². The fourth-order valence-corrected chi connectivity index (χ4v) is 4.07. The van der Waals surface area contributed by atoms with Gasteiger partial charge in [-0.1, -0.05) is 12.1 Å². The zero-order valence-electron chi connectivity index (χ0n) is 19.3. The third-order valence-electron chi connectivity index (χ3n) is 6.61. The molecule has 0 N–H and O–H groups in total. The first-order valence-electron chi connectivity index (χ1n) is 11.2. The van der Waals surface area contributed by atoms with Gasteiger partial charge in [0.1, 0.15) is 22.4 Å². The largest absolute Gasteiger partial charge is 0.368 e. The number of carbonyl (C=O) groups is 2. The summed E-state index contributed by atoms with van der Waals surface area (Å²) < 4.78 is 22.2. The van der Waals surface area contributed by atoms with Crippen LogP contribution in [0.25, 0.3) is 0 Å². The van der Waals surface area contributed by atoms with Crippen molar-refractivity contribution >= 4 is 11.8 Å². The van der Waals surface area contributed by atoms with Gasteiger partial charge in [0.2, 0.25) is 0 Å². The Balaban J connectivity index is 1.41. The van der Waals surface area contributed by atoms with Crippen LogP contribution in [0.3, 0.4) is 0 Å². The average Bonchev–Trinajstić information content (AvgIpc) is 3.58. The highest BCUT2D eigenvalue weighted by molar-refractivity contribution is 6.07. The van der Waals surface area contributed by atoms with Crippen molar-refractivity contribution in [2.24, 2.45) is 0 Å². The van der Waals surface area contributed by atoms with Crippen molar-refractivity contribution in [3.63, 3.8) is 0 Å². The van der Waals surface area contributed by atoms with Gasteiger partial charge < -0.3 is 28.7 Å². The van der Waals surface area contributed by atoms with Gasteiger partial charge in [0.15, 0.2) is 0 Å². The minimum atomic E-state index is -0.332. The summed E-state index contributed by atoms with van der Waals surface area (Å²) in [4.78, 5) is 30.9. The molecule has 0 aliphatic carbocycles. The molecule has 0 saturated carbocycles. The van der Waals surface area contributed by atoms with E-state index < -0.39 is 0 Å². The summed E-state index contributed by atoms with van der Waals surface area (Å²) in [5.74, 6) is -0.352. The van der Waals surface area contributed by atoms with E-state index in [9.17, 15) is 9.59 Å². The first-order valence-corrected chi connectivity index (χ1v) is 11.2. The molecule has 174 valence electrons. The third kappa shape index (κ3) is 4.83. The van der Waals surface area contributed by atoms with Crippen LogP contribution < -0.4 is 0 Å². The van der Waals surface area contributed by atoms with Gasteiger partial charge in [0.05, 0.1) is 63.7 Å².